The molecule has 1 saturated heterocycles. The Bertz CT molecular complexity index is 1470. The van der Waals surface area contributed by atoms with E-state index < -0.39 is 6.04 Å². The fourth-order valence-corrected chi connectivity index (χ4v) is 5.79. The van der Waals surface area contributed by atoms with E-state index in [1.165, 1.54) is 10.5 Å². The van der Waals surface area contributed by atoms with Crippen LogP contribution in [0, 0.1) is 12.8 Å². The van der Waals surface area contributed by atoms with Crippen LogP contribution in [0.25, 0.3) is 20.8 Å². The highest BCUT2D eigenvalue weighted by molar-refractivity contribution is 7.21. The van der Waals surface area contributed by atoms with E-state index in [-0.39, 0.29) is 30.1 Å². The first-order valence-corrected chi connectivity index (χ1v) is 13.0. The smallest absolute Gasteiger partial charge is 0.257 e. The van der Waals surface area contributed by atoms with Crippen LogP contribution in [0.1, 0.15) is 30.4 Å². The number of hydrogen-bond acceptors (Lipinski definition) is 5. The van der Waals surface area contributed by atoms with Gasteiger partial charge in [0.05, 0.1) is 22.3 Å². The summed E-state index contributed by atoms with van der Waals surface area (Å²) in [5, 5.41) is 0.892. The number of benzene rings is 3. The van der Waals surface area contributed by atoms with E-state index in [4.69, 9.17) is 4.98 Å². The number of rotatable bonds is 6. The fraction of sp³-hybridized carbons (Fsp3) is 0.241. The maximum atomic E-state index is 13.5. The lowest BCUT2D eigenvalue weighted by Crippen LogP contribution is -2.45. The van der Waals surface area contributed by atoms with E-state index in [9.17, 15) is 14.4 Å². The van der Waals surface area contributed by atoms with Crippen LogP contribution < -0.4 is 4.90 Å². The molecule has 0 N–H and O–H groups in total. The predicted octanol–water partition coefficient (Wildman–Crippen LogP) is 5.34. The summed E-state index contributed by atoms with van der Waals surface area (Å²) in [5.41, 5.74) is 4.54. The number of amides is 3. The van der Waals surface area contributed by atoms with E-state index in [2.05, 4.69) is 13.0 Å². The number of nitrogens with zero attached hydrogens (tertiary/aromatic N) is 3. The molecule has 6 rings (SSSR count). The van der Waals surface area contributed by atoms with Gasteiger partial charge in [-0.05, 0) is 67.3 Å². The zero-order valence-corrected chi connectivity index (χ0v) is 20.7. The molecule has 36 heavy (non-hydrogen) atoms. The van der Waals surface area contributed by atoms with Crippen LogP contribution in [0.4, 0.5) is 5.69 Å². The second-order valence-corrected chi connectivity index (χ2v) is 10.6. The van der Waals surface area contributed by atoms with Gasteiger partial charge in [-0.15, -0.1) is 11.3 Å². The molecule has 0 bridgehead atoms. The lowest BCUT2D eigenvalue weighted by molar-refractivity contribution is -0.140. The molecule has 3 aromatic carbocycles. The zero-order valence-electron chi connectivity index (χ0n) is 19.9. The van der Waals surface area contributed by atoms with Gasteiger partial charge in [-0.1, -0.05) is 36.4 Å². The molecular formula is C29H25N3O3S. The molecule has 0 spiro atoms. The fourth-order valence-electron chi connectivity index (χ4n) is 4.73. The normalized spacial score (nSPS) is 17.7. The van der Waals surface area contributed by atoms with Crippen molar-refractivity contribution in [1.29, 1.82) is 0 Å². The van der Waals surface area contributed by atoms with Gasteiger partial charge in [-0.25, -0.2) is 9.88 Å². The third kappa shape index (κ3) is 4.20. The first-order chi connectivity index (χ1) is 17.5. The Morgan fingerprint density at radius 2 is 1.78 bits per heavy atom. The molecule has 1 aromatic heterocycles. The Balaban J connectivity index is 1.25. The van der Waals surface area contributed by atoms with Crippen LogP contribution in [0.2, 0.25) is 0 Å². The van der Waals surface area contributed by atoms with E-state index in [1.807, 2.05) is 54.6 Å². The number of fused-ring (bicyclic) bond motifs is 1. The second-order valence-electron chi connectivity index (χ2n) is 9.55. The Morgan fingerprint density at radius 3 is 2.50 bits per heavy atom. The summed E-state index contributed by atoms with van der Waals surface area (Å²) in [6.07, 6.45) is 1.69. The topological polar surface area (TPSA) is 70.6 Å². The Labute approximate surface area is 213 Å². The van der Waals surface area contributed by atoms with Crippen molar-refractivity contribution in [2.75, 3.05) is 4.90 Å². The van der Waals surface area contributed by atoms with Crippen molar-refractivity contribution in [3.05, 3.63) is 83.9 Å². The molecule has 4 aromatic rings. The highest BCUT2D eigenvalue weighted by atomic mass is 32.1. The molecule has 2 heterocycles. The van der Waals surface area contributed by atoms with Gasteiger partial charge in [0.25, 0.3) is 5.91 Å². The summed E-state index contributed by atoms with van der Waals surface area (Å²) < 4.78 is 1.13. The van der Waals surface area contributed by atoms with Crippen molar-refractivity contribution in [2.45, 2.75) is 38.8 Å². The monoisotopic (exact) mass is 495 g/mol. The van der Waals surface area contributed by atoms with Gasteiger partial charge in [0, 0.05) is 18.0 Å². The van der Waals surface area contributed by atoms with Gasteiger partial charge in [-0.3, -0.25) is 14.4 Å². The van der Waals surface area contributed by atoms with Gasteiger partial charge < -0.3 is 4.90 Å². The van der Waals surface area contributed by atoms with Crippen molar-refractivity contribution in [3.63, 3.8) is 0 Å². The van der Waals surface area contributed by atoms with Gasteiger partial charge in [-0.2, -0.15) is 0 Å². The summed E-state index contributed by atoms with van der Waals surface area (Å²) in [4.78, 5) is 47.2. The maximum absolute atomic E-state index is 13.5. The maximum Gasteiger partial charge on any atom is 0.257 e. The molecule has 0 radical (unpaired) electrons. The third-order valence-corrected chi connectivity index (χ3v) is 7.89. The number of aromatic nitrogens is 1. The minimum Gasteiger partial charge on any atom is -0.326 e. The molecule has 1 aliphatic carbocycles. The van der Waals surface area contributed by atoms with E-state index in [1.54, 1.807) is 28.4 Å². The van der Waals surface area contributed by atoms with Crippen LogP contribution >= 0.6 is 11.3 Å². The van der Waals surface area contributed by atoms with Gasteiger partial charge in [0.15, 0.2) is 0 Å². The molecule has 1 unspecified atom stereocenters. The number of anilines is 1. The number of aryl methyl sites for hydroxylation is 1. The SMILES string of the molecule is Cc1ccc2nc(-c3ccc(N4C(=O)CC(N(Cc5ccccc5)C(=O)C5CC5)C4=O)cc3)sc2c1. The van der Waals surface area contributed by atoms with Crippen molar-refractivity contribution >= 4 is 45.0 Å². The van der Waals surface area contributed by atoms with E-state index in [0.717, 1.165) is 39.2 Å². The molecule has 3 amide bonds. The van der Waals surface area contributed by atoms with Crippen LogP contribution in [0.15, 0.2) is 72.8 Å². The highest BCUT2D eigenvalue weighted by Gasteiger charge is 2.46. The van der Waals surface area contributed by atoms with Crippen molar-refractivity contribution < 1.29 is 14.4 Å². The quantitative estimate of drug-likeness (QED) is 0.339. The largest absolute Gasteiger partial charge is 0.326 e. The molecular weight excluding hydrogens is 470 g/mol. The Morgan fingerprint density at radius 1 is 1.03 bits per heavy atom. The Kier molecular flexibility index (Phi) is 5.64. The number of carbonyl (C=O) groups excluding carboxylic acids is 3. The van der Waals surface area contributed by atoms with Crippen LogP contribution in [-0.4, -0.2) is 33.6 Å². The number of thiazole rings is 1. The summed E-state index contributed by atoms with van der Waals surface area (Å²) in [6, 6.07) is 22.4. The van der Waals surface area contributed by atoms with Gasteiger partial charge in [0.1, 0.15) is 11.0 Å². The highest BCUT2D eigenvalue weighted by Crippen LogP contribution is 2.36. The number of carbonyl (C=O) groups is 3. The Hall–Kier alpha value is -3.84. The standard InChI is InChI=1S/C29H25N3O3S/c1-18-7-14-23-25(15-18)36-27(30-23)20-10-12-22(13-11-20)32-26(33)16-24(29(32)35)31(28(34)21-8-9-21)17-19-5-3-2-4-6-19/h2-7,10-15,21,24H,8-9,16-17H2,1H3. The van der Waals surface area contributed by atoms with Crippen LogP contribution in [0.3, 0.4) is 0 Å². The van der Waals surface area contributed by atoms with Crippen LogP contribution in [0.5, 0.6) is 0 Å². The van der Waals surface area contributed by atoms with Crippen molar-refractivity contribution in [3.8, 4) is 10.6 Å². The number of imide groups is 1. The molecule has 2 fully saturated rings. The molecule has 6 nitrogen and oxygen atoms in total. The molecule has 7 heteroatoms. The van der Waals surface area contributed by atoms with Crippen molar-refractivity contribution in [2.24, 2.45) is 5.92 Å². The molecule has 1 aliphatic heterocycles. The predicted molar refractivity (Wildman–Crippen MR) is 140 cm³/mol. The lowest BCUT2D eigenvalue weighted by Gasteiger charge is -2.28. The van der Waals surface area contributed by atoms with Crippen molar-refractivity contribution in [1.82, 2.24) is 9.88 Å². The van der Waals surface area contributed by atoms with E-state index in [0.29, 0.717) is 12.2 Å². The third-order valence-electron chi connectivity index (χ3n) is 6.82. The van der Waals surface area contributed by atoms with Gasteiger partial charge in [0.2, 0.25) is 11.8 Å². The minimum absolute atomic E-state index is 0.00307. The second kappa shape index (κ2) is 8.99. The lowest BCUT2D eigenvalue weighted by atomic mass is 10.1. The summed E-state index contributed by atoms with van der Waals surface area (Å²) >= 11 is 1.62. The summed E-state index contributed by atoms with van der Waals surface area (Å²) in [5.74, 6) is -0.696. The minimum atomic E-state index is -0.780. The average Bonchev–Trinajstić information content (AvgIpc) is 3.59. The average molecular weight is 496 g/mol. The number of hydrogen-bond donors (Lipinski definition) is 0. The van der Waals surface area contributed by atoms with Gasteiger partial charge >= 0.3 is 0 Å². The summed E-state index contributed by atoms with van der Waals surface area (Å²) in [7, 11) is 0. The first-order valence-electron chi connectivity index (χ1n) is 12.2. The summed E-state index contributed by atoms with van der Waals surface area (Å²) in [6.45, 7) is 2.38. The molecule has 1 saturated carbocycles. The van der Waals surface area contributed by atoms with Crippen LogP contribution in [-0.2, 0) is 20.9 Å². The van der Waals surface area contributed by atoms with E-state index >= 15 is 0 Å². The first kappa shape index (κ1) is 22.6. The molecule has 1 atom stereocenters. The molecule has 180 valence electrons. The molecule has 2 aliphatic rings. The zero-order chi connectivity index (χ0) is 24.8.